The highest BCUT2D eigenvalue weighted by atomic mass is 19.1. The van der Waals surface area contributed by atoms with Crippen LogP contribution in [0.5, 0.6) is 0 Å². The fourth-order valence-corrected chi connectivity index (χ4v) is 2.66. The molecule has 3 N–H and O–H groups in total. The summed E-state index contributed by atoms with van der Waals surface area (Å²) in [4.78, 5) is 25.6. The van der Waals surface area contributed by atoms with Crippen LogP contribution in [0.4, 0.5) is 4.39 Å². The van der Waals surface area contributed by atoms with Gasteiger partial charge in [0.25, 0.3) is 0 Å². The number of benzene rings is 2. The molecular weight excluding hydrogens is 335 g/mol. The molecule has 1 aromatic heterocycles. The first-order valence-corrected chi connectivity index (χ1v) is 7.92. The van der Waals surface area contributed by atoms with Crippen molar-refractivity contribution in [3.05, 3.63) is 86.3 Å². The number of allylic oxidation sites excluding steroid dienone is 1. The number of aromatic nitrogens is 2. The molecule has 3 rings (SSSR count). The van der Waals surface area contributed by atoms with E-state index in [-0.39, 0.29) is 11.0 Å². The number of hydrogen-bond donors (Lipinski definition) is 3. The topological polar surface area (TPSA) is 90.7 Å². The summed E-state index contributed by atoms with van der Waals surface area (Å²) in [5.74, 6) is -0.666. The van der Waals surface area contributed by atoms with Gasteiger partial charge in [0.15, 0.2) is 0 Å². The summed E-state index contributed by atoms with van der Waals surface area (Å²) in [5.41, 5.74) is 0.504. The smallest absolute Gasteiger partial charge is 0.316 e. The lowest BCUT2D eigenvalue weighted by Gasteiger charge is -2.09. The Balaban J connectivity index is 1.99. The third kappa shape index (κ3) is 3.32. The molecule has 0 bridgehead atoms. The van der Waals surface area contributed by atoms with Gasteiger partial charge in [-0.15, -0.1) is 0 Å². The lowest BCUT2D eigenvalue weighted by Crippen LogP contribution is -2.35. The molecular formula is C19H17FN4O2. The maximum atomic E-state index is 14.4. The Morgan fingerprint density at radius 1 is 1.27 bits per heavy atom. The number of rotatable bonds is 5. The monoisotopic (exact) mass is 352 g/mol. The van der Waals surface area contributed by atoms with Gasteiger partial charge in [-0.25, -0.2) is 4.39 Å². The van der Waals surface area contributed by atoms with E-state index in [0.717, 1.165) is 16.3 Å². The molecule has 132 valence electrons. The Morgan fingerprint density at radius 2 is 2.00 bits per heavy atom. The van der Waals surface area contributed by atoms with Gasteiger partial charge in [0.2, 0.25) is 0 Å². The average molecular weight is 352 g/mol. The van der Waals surface area contributed by atoms with Gasteiger partial charge in [0, 0.05) is 31.6 Å². The second-order valence-electron chi connectivity index (χ2n) is 5.78. The highest BCUT2D eigenvalue weighted by Gasteiger charge is 2.12. The molecule has 0 spiro atoms. The largest absolute Gasteiger partial charge is 0.386 e. The van der Waals surface area contributed by atoms with Crippen LogP contribution >= 0.6 is 0 Å². The van der Waals surface area contributed by atoms with Crippen LogP contribution in [0.25, 0.3) is 16.6 Å². The number of H-pyrrole nitrogens is 1. The van der Waals surface area contributed by atoms with Crippen molar-refractivity contribution >= 4 is 22.8 Å². The van der Waals surface area contributed by atoms with E-state index in [9.17, 15) is 14.0 Å². The summed E-state index contributed by atoms with van der Waals surface area (Å²) in [7, 11) is 1.41. The minimum atomic E-state index is -0.876. The van der Waals surface area contributed by atoms with Crippen LogP contribution in [0.15, 0.2) is 58.3 Å². The van der Waals surface area contributed by atoms with E-state index >= 15 is 0 Å². The molecule has 0 fully saturated rings. The van der Waals surface area contributed by atoms with Crippen molar-refractivity contribution in [3.8, 4) is 0 Å². The molecule has 0 aliphatic rings. The first kappa shape index (κ1) is 17.3. The number of halogens is 1. The second kappa shape index (κ2) is 7.18. The standard InChI is InChI=1S/C19H17FN4O2/c1-24-16-8-13(7-15(20)17(16)23-18(25)19(24)26)14(9-21)11-22-10-12-5-3-2-4-6-12/h2-9,11,21-22H,10H2,1H3,(H,23,25)/b14-11+,21-9?. The van der Waals surface area contributed by atoms with E-state index in [2.05, 4.69) is 10.3 Å². The summed E-state index contributed by atoms with van der Waals surface area (Å²) in [5, 5.41) is 10.7. The molecule has 0 saturated heterocycles. The Labute approximate surface area is 148 Å². The molecule has 0 unspecified atom stereocenters. The maximum Gasteiger partial charge on any atom is 0.316 e. The molecule has 6 nitrogen and oxygen atoms in total. The maximum absolute atomic E-state index is 14.4. The molecule has 3 aromatic rings. The van der Waals surface area contributed by atoms with Crippen LogP contribution in [0.3, 0.4) is 0 Å². The number of nitrogens with one attached hydrogen (secondary N) is 3. The zero-order valence-corrected chi connectivity index (χ0v) is 14.0. The van der Waals surface area contributed by atoms with Gasteiger partial charge < -0.3 is 20.3 Å². The summed E-state index contributed by atoms with van der Waals surface area (Å²) < 4.78 is 15.5. The zero-order chi connectivity index (χ0) is 18.7. The van der Waals surface area contributed by atoms with Crippen molar-refractivity contribution in [3.63, 3.8) is 0 Å². The van der Waals surface area contributed by atoms with Crippen molar-refractivity contribution < 1.29 is 4.39 Å². The minimum absolute atomic E-state index is 0.0394. The highest BCUT2D eigenvalue weighted by Crippen LogP contribution is 2.20. The SMILES string of the molecule is Cn1c(=O)c(=O)[nH]c2c(F)cc(/C(C=N)=C/NCc3ccccc3)cc21. The normalized spacial score (nSPS) is 11.5. The third-order valence-electron chi connectivity index (χ3n) is 4.06. The summed E-state index contributed by atoms with van der Waals surface area (Å²) in [6, 6.07) is 12.5. The molecule has 1 heterocycles. The van der Waals surface area contributed by atoms with Crippen LogP contribution < -0.4 is 16.4 Å². The fraction of sp³-hybridized carbons (Fsp3) is 0.105. The van der Waals surface area contributed by atoms with Crippen LogP contribution in [0.2, 0.25) is 0 Å². The van der Waals surface area contributed by atoms with Crippen LogP contribution in [0.1, 0.15) is 11.1 Å². The van der Waals surface area contributed by atoms with Gasteiger partial charge in [-0.05, 0) is 23.3 Å². The predicted molar refractivity (Wildman–Crippen MR) is 99.8 cm³/mol. The first-order chi connectivity index (χ1) is 12.5. The van der Waals surface area contributed by atoms with E-state index < -0.39 is 16.9 Å². The van der Waals surface area contributed by atoms with Crippen LogP contribution in [-0.4, -0.2) is 15.8 Å². The second-order valence-corrected chi connectivity index (χ2v) is 5.78. The van der Waals surface area contributed by atoms with Gasteiger partial charge in [0.1, 0.15) is 11.3 Å². The number of fused-ring (bicyclic) bond motifs is 1. The molecule has 0 radical (unpaired) electrons. The van der Waals surface area contributed by atoms with Gasteiger partial charge in [-0.1, -0.05) is 30.3 Å². The Morgan fingerprint density at radius 3 is 2.69 bits per heavy atom. The number of aryl methyl sites for hydroxylation is 1. The van der Waals surface area contributed by atoms with Crippen molar-refractivity contribution in [1.82, 2.24) is 14.9 Å². The minimum Gasteiger partial charge on any atom is -0.386 e. The number of nitrogens with zero attached hydrogens (tertiary/aromatic N) is 1. The molecule has 26 heavy (non-hydrogen) atoms. The molecule has 2 aromatic carbocycles. The van der Waals surface area contributed by atoms with Gasteiger partial charge >= 0.3 is 11.1 Å². The first-order valence-electron chi connectivity index (χ1n) is 7.92. The van der Waals surface area contributed by atoms with Crippen LogP contribution in [-0.2, 0) is 13.6 Å². The quantitative estimate of drug-likeness (QED) is 0.485. The Hall–Kier alpha value is -3.48. The van der Waals surface area contributed by atoms with Crippen molar-refractivity contribution in [2.45, 2.75) is 6.54 Å². The van der Waals surface area contributed by atoms with Gasteiger partial charge in [-0.2, -0.15) is 0 Å². The number of aromatic amines is 1. The van der Waals surface area contributed by atoms with E-state index in [1.165, 1.54) is 13.1 Å². The molecule has 0 atom stereocenters. The van der Waals surface area contributed by atoms with Gasteiger partial charge in [0.05, 0.1) is 5.52 Å². The Bertz CT molecular complexity index is 1110. The molecule has 0 aliphatic heterocycles. The Kier molecular flexibility index (Phi) is 4.79. The van der Waals surface area contributed by atoms with Crippen molar-refractivity contribution in [1.29, 1.82) is 5.41 Å². The molecule has 0 amide bonds. The predicted octanol–water partition coefficient (Wildman–Crippen LogP) is 2.15. The van der Waals surface area contributed by atoms with E-state index in [0.29, 0.717) is 17.7 Å². The fourth-order valence-electron chi connectivity index (χ4n) is 2.66. The molecule has 7 heteroatoms. The summed E-state index contributed by atoms with van der Waals surface area (Å²) >= 11 is 0. The van der Waals surface area contributed by atoms with Crippen molar-refractivity contribution in [2.75, 3.05) is 0 Å². The van der Waals surface area contributed by atoms with E-state index in [1.54, 1.807) is 12.3 Å². The average Bonchev–Trinajstić information content (AvgIpc) is 2.65. The van der Waals surface area contributed by atoms with Gasteiger partial charge in [-0.3, -0.25) is 9.59 Å². The zero-order valence-electron chi connectivity index (χ0n) is 14.0. The number of hydrogen-bond acceptors (Lipinski definition) is 4. The lowest BCUT2D eigenvalue weighted by atomic mass is 10.1. The molecule has 0 saturated carbocycles. The lowest BCUT2D eigenvalue weighted by molar-refractivity contribution is 0.634. The van der Waals surface area contributed by atoms with Crippen LogP contribution in [0, 0.1) is 11.2 Å². The van der Waals surface area contributed by atoms with Crippen molar-refractivity contribution in [2.24, 2.45) is 7.05 Å². The van der Waals surface area contributed by atoms with E-state index in [1.807, 2.05) is 30.3 Å². The molecule has 0 aliphatic carbocycles. The third-order valence-corrected chi connectivity index (χ3v) is 4.06. The highest BCUT2D eigenvalue weighted by molar-refractivity contribution is 6.09. The summed E-state index contributed by atoms with van der Waals surface area (Å²) in [6.07, 6.45) is 2.72. The van der Waals surface area contributed by atoms with E-state index in [4.69, 9.17) is 5.41 Å². The summed E-state index contributed by atoms with van der Waals surface area (Å²) in [6.45, 7) is 0.556.